The molecule has 0 saturated carbocycles. The Bertz CT molecular complexity index is 1090. The predicted octanol–water partition coefficient (Wildman–Crippen LogP) is 3.39. The topological polar surface area (TPSA) is 75.2 Å². The standard InChI is InChI=1S/C25H29F3N4O4/c1-3-31(4-2)23(33)15-30-13-17-5-6-19(11-18(17)14-30)32-10-9-21(24(32)34)36-20-7-8-22(29-12-20)35-16-25(26,27)28/h5-8,11-12,21H,3-4,9-10,13-16H2,1-2H3/t21-/m1/s1. The van der Waals surface area contributed by atoms with Crippen LogP contribution in [0.4, 0.5) is 18.9 Å². The lowest BCUT2D eigenvalue weighted by atomic mass is 10.1. The lowest BCUT2D eigenvalue weighted by Crippen LogP contribution is -2.38. The van der Waals surface area contributed by atoms with E-state index in [1.807, 2.05) is 36.9 Å². The molecule has 0 spiro atoms. The average molecular weight is 507 g/mol. The number of amides is 2. The number of aromatic nitrogens is 1. The van der Waals surface area contributed by atoms with E-state index in [4.69, 9.17) is 4.74 Å². The molecule has 3 heterocycles. The Hall–Kier alpha value is -3.34. The van der Waals surface area contributed by atoms with Crippen LogP contribution in [0.3, 0.4) is 0 Å². The lowest BCUT2D eigenvalue weighted by Gasteiger charge is -2.22. The second-order valence-electron chi connectivity index (χ2n) is 8.79. The molecular formula is C25H29F3N4O4. The van der Waals surface area contributed by atoms with Crippen molar-refractivity contribution in [1.29, 1.82) is 0 Å². The SMILES string of the molecule is CCN(CC)C(=O)CN1Cc2ccc(N3CC[C@@H](Oc4ccc(OCC(F)(F)F)nc4)C3=O)cc2C1. The van der Waals surface area contributed by atoms with Gasteiger partial charge < -0.3 is 19.3 Å². The summed E-state index contributed by atoms with van der Waals surface area (Å²) < 4.78 is 47.2. The van der Waals surface area contributed by atoms with Crippen LogP contribution in [0.15, 0.2) is 36.5 Å². The third-order valence-corrected chi connectivity index (χ3v) is 6.29. The predicted molar refractivity (Wildman–Crippen MR) is 126 cm³/mol. The van der Waals surface area contributed by atoms with Gasteiger partial charge in [-0.15, -0.1) is 0 Å². The van der Waals surface area contributed by atoms with E-state index >= 15 is 0 Å². The van der Waals surface area contributed by atoms with Crippen LogP contribution in [0.25, 0.3) is 0 Å². The van der Waals surface area contributed by atoms with Crippen LogP contribution in [0.1, 0.15) is 31.4 Å². The summed E-state index contributed by atoms with van der Waals surface area (Å²) in [5.74, 6) is 0.0122. The van der Waals surface area contributed by atoms with Crippen LogP contribution in [-0.4, -0.2) is 71.7 Å². The van der Waals surface area contributed by atoms with Crippen molar-refractivity contribution in [3.8, 4) is 11.6 Å². The molecule has 1 fully saturated rings. The second kappa shape index (κ2) is 10.7. The Morgan fingerprint density at radius 1 is 1.14 bits per heavy atom. The number of nitrogens with zero attached hydrogens (tertiary/aromatic N) is 4. The Morgan fingerprint density at radius 2 is 1.89 bits per heavy atom. The van der Waals surface area contributed by atoms with E-state index in [0.29, 0.717) is 45.7 Å². The maximum absolute atomic E-state index is 13.0. The quantitative estimate of drug-likeness (QED) is 0.519. The largest absolute Gasteiger partial charge is 0.479 e. The number of alkyl halides is 3. The number of fused-ring (bicyclic) bond motifs is 1. The summed E-state index contributed by atoms with van der Waals surface area (Å²) in [5, 5.41) is 0. The van der Waals surface area contributed by atoms with E-state index in [2.05, 4.69) is 14.6 Å². The molecule has 0 N–H and O–H groups in total. The first kappa shape index (κ1) is 25.7. The van der Waals surface area contributed by atoms with Gasteiger partial charge in [0.15, 0.2) is 12.7 Å². The maximum Gasteiger partial charge on any atom is 0.422 e. The van der Waals surface area contributed by atoms with Gasteiger partial charge in [0.1, 0.15) is 5.75 Å². The van der Waals surface area contributed by atoms with Gasteiger partial charge in [-0.05, 0) is 43.2 Å². The number of halogens is 3. The molecule has 2 aliphatic rings. The van der Waals surface area contributed by atoms with E-state index in [9.17, 15) is 22.8 Å². The zero-order valence-electron chi connectivity index (χ0n) is 20.3. The first-order chi connectivity index (χ1) is 17.2. The highest BCUT2D eigenvalue weighted by Gasteiger charge is 2.35. The molecule has 0 radical (unpaired) electrons. The minimum absolute atomic E-state index is 0.108. The molecule has 2 aromatic rings. The molecule has 36 heavy (non-hydrogen) atoms. The van der Waals surface area contributed by atoms with E-state index in [1.165, 1.54) is 18.3 Å². The number of carbonyl (C=O) groups excluding carboxylic acids is 2. The van der Waals surface area contributed by atoms with Crippen LogP contribution in [-0.2, 0) is 22.7 Å². The molecule has 8 nitrogen and oxygen atoms in total. The molecule has 2 amide bonds. The van der Waals surface area contributed by atoms with Gasteiger partial charge in [-0.25, -0.2) is 4.98 Å². The van der Waals surface area contributed by atoms with Crippen molar-refractivity contribution in [3.63, 3.8) is 0 Å². The first-order valence-corrected chi connectivity index (χ1v) is 11.9. The van der Waals surface area contributed by atoms with E-state index in [0.717, 1.165) is 16.8 Å². The summed E-state index contributed by atoms with van der Waals surface area (Å²) in [7, 11) is 0. The normalized spacial score (nSPS) is 17.9. The van der Waals surface area contributed by atoms with E-state index in [-0.39, 0.29) is 23.4 Å². The average Bonchev–Trinajstić information content (AvgIpc) is 3.41. The summed E-state index contributed by atoms with van der Waals surface area (Å²) in [6, 6.07) is 8.60. The maximum atomic E-state index is 13.0. The summed E-state index contributed by atoms with van der Waals surface area (Å²) >= 11 is 0. The highest BCUT2D eigenvalue weighted by atomic mass is 19.4. The summed E-state index contributed by atoms with van der Waals surface area (Å²) in [6.07, 6.45) is -3.46. The molecule has 11 heteroatoms. The van der Waals surface area contributed by atoms with Crippen molar-refractivity contribution in [2.45, 2.75) is 45.6 Å². The molecule has 0 bridgehead atoms. The van der Waals surface area contributed by atoms with Gasteiger partial charge in [0.25, 0.3) is 5.91 Å². The molecule has 1 saturated heterocycles. The van der Waals surface area contributed by atoms with Gasteiger partial charge in [-0.3, -0.25) is 14.5 Å². The molecular weight excluding hydrogens is 477 g/mol. The van der Waals surface area contributed by atoms with Gasteiger partial charge in [-0.2, -0.15) is 13.2 Å². The van der Waals surface area contributed by atoms with Crippen LogP contribution in [0, 0.1) is 0 Å². The number of likely N-dealkylation sites (N-methyl/N-ethyl adjacent to an activating group) is 1. The molecule has 1 aromatic carbocycles. The molecule has 1 atom stereocenters. The van der Waals surface area contributed by atoms with Crippen molar-refractivity contribution in [2.24, 2.45) is 0 Å². The van der Waals surface area contributed by atoms with Crippen LogP contribution < -0.4 is 14.4 Å². The molecule has 0 aliphatic carbocycles. The van der Waals surface area contributed by atoms with Crippen molar-refractivity contribution in [1.82, 2.24) is 14.8 Å². The van der Waals surface area contributed by atoms with Gasteiger partial charge in [-0.1, -0.05) is 6.07 Å². The van der Waals surface area contributed by atoms with Gasteiger partial charge in [0.2, 0.25) is 11.8 Å². The number of anilines is 1. The molecule has 2 aliphatic heterocycles. The number of hydrogen-bond acceptors (Lipinski definition) is 6. The Balaban J connectivity index is 1.34. The lowest BCUT2D eigenvalue weighted by molar-refractivity contribution is -0.154. The number of hydrogen-bond donors (Lipinski definition) is 0. The van der Waals surface area contributed by atoms with E-state index < -0.39 is 18.9 Å². The minimum Gasteiger partial charge on any atom is -0.479 e. The van der Waals surface area contributed by atoms with Crippen molar-refractivity contribution < 1.29 is 32.2 Å². The van der Waals surface area contributed by atoms with Gasteiger partial charge >= 0.3 is 6.18 Å². The van der Waals surface area contributed by atoms with Gasteiger partial charge in [0.05, 0.1) is 12.7 Å². The van der Waals surface area contributed by atoms with E-state index in [1.54, 1.807) is 4.90 Å². The fourth-order valence-corrected chi connectivity index (χ4v) is 4.46. The van der Waals surface area contributed by atoms with Crippen molar-refractivity contribution in [2.75, 3.05) is 37.7 Å². The van der Waals surface area contributed by atoms with Gasteiger partial charge in [0, 0.05) is 50.9 Å². The minimum atomic E-state index is -4.45. The third-order valence-electron chi connectivity index (χ3n) is 6.29. The summed E-state index contributed by atoms with van der Waals surface area (Å²) in [4.78, 5) is 34.9. The summed E-state index contributed by atoms with van der Waals surface area (Å²) in [6.45, 7) is 6.06. The third kappa shape index (κ3) is 6.07. The monoisotopic (exact) mass is 506 g/mol. The van der Waals surface area contributed by atoms with Crippen molar-refractivity contribution in [3.05, 3.63) is 47.7 Å². The van der Waals surface area contributed by atoms with Crippen LogP contribution >= 0.6 is 0 Å². The number of carbonyl (C=O) groups is 2. The molecule has 4 rings (SSSR count). The molecule has 0 unspecified atom stereocenters. The molecule has 194 valence electrons. The smallest absolute Gasteiger partial charge is 0.422 e. The number of ether oxygens (including phenoxy) is 2. The number of benzene rings is 1. The Morgan fingerprint density at radius 3 is 2.56 bits per heavy atom. The van der Waals surface area contributed by atoms with Crippen LogP contribution in [0.5, 0.6) is 11.6 Å². The highest BCUT2D eigenvalue weighted by Crippen LogP contribution is 2.31. The number of pyridine rings is 1. The van der Waals surface area contributed by atoms with Crippen molar-refractivity contribution >= 4 is 17.5 Å². The Labute approximate surface area is 207 Å². The number of rotatable bonds is 9. The Kier molecular flexibility index (Phi) is 7.67. The first-order valence-electron chi connectivity index (χ1n) is 11.9. The highest BCUT2D eigenvalue weighted by molar-refractivity contribution is 5.99. The fourth-order valence-electron chi connectivity index (χ4n) is 4.46. The zero-order valence-corrected chi connectivity index (χ0v) is 20.3. The second-order valence-corrected chi connectivity index (χ2v) is 8.79. The molecule has 1 aromatic heterocycles. The van der Waals surface area contributed by atoms with Crippen LogP contribution in [0.2, 0.25) is 0 Å². The summed E-state index contributed by atoms with van der Waals surface area (Å²) in [5.41, 5.74) is 3.01. The zero-order chi connectivity index (χ0) is 25.9. The fraction of sp³-hybridized carbons (Fsp3) is 0.480.